The van der Waals surface area contributed by atoms with Crippen LogP contribution < -0.4 is 0 Å². The Kier molecular flexibility index (Phi) is 18.5. The molecule has 8 bridgehead atoms. The molecule has 0 unspecified atom stereocenters. The topological polar surface area (TPSA) is 120 Å². The molecule has 11 heteroatoms. The third-order valence-corrected chi connectivity index (χ3v) is 12.0. The summed E-state index contributed by atoms with van der Waals surface area (Å²) in [6.45, 7) is 22.2. The van der Waals surface area contributed by atoms with Gasteiger partial charge in [-0.2, -0.15) is 0 Å². The Bertz CT molecular complexity index is 1590. The van der Waals surface area contributed by atoms with Gasteiger partial charge in [0.15, 0.2) is 23.1 Å². The van der Waals surface area contributed by atoms with E-state index in [-0.39, 0.29) is 72.7 Å². The summed E-state index contributed by atoms with van der Waals surface area (Å²) in [4.78, 5) is 12.9. The van der Waals surface area contributed by atoms with Crippen LogP contribution in [0, 0.1) is 11.8 Å². The van der Waals surface area contributed by atoms with Crippen molar-refractivity contribution in [2.45, 2.75) is 231 Å². The molecule has 11 nitrogen and oxygen atoms in total. The Morgan fingerprint density at radius 1 is 0.484 bits per heavy atom. The lowest BCUT2D eigenvalue weighted by Crippen LogP contribution is -2.52. The van der Waals surface area contributed by atoms with E-state index in [2.05, 4.69) is 20.8 Å². The summed E-state index contributed by atoms with van der Waals surface area (Å²) >= 11 is 0. The van der Waals surface area contributed by atoms with Crippen LogP contribution in [-0.2, 0) is 47.4 Å². The second-order valence-electron chi connectivity index (χ2n) is 20.3. The maximum Gasteiger partial charge on any atom is 0.331 e. The first-order valence-corrected chi connectivity index (χ1v) is 23.4. The lowest BCUT2D eigenvalue weighted by Gasteiger charge is -2.47. The highest BCUT2D eigenvalue weighted by Gasteiger charge is 2.45. The molecule has 0 saturated carbocycles. The van der Waals surface area contributed by atoms with Crippen molar-refractivity contribution < 1.29 is 52.5 Å². The molecule has 5 aliphatic heterocycles. The number of allylic oxidation sites excluding steroid dienone is 10. The highest BCUT2D eigenvalue weighted by atomic mass is 16.7. The smallest absolute Gasteiger partial charge is 0.331 e. The largest absolute Gasteiger partial charge is 0.459 e. The van der Waals surface area contributed by atoms with Gasteiger partial charge in [0.2, 0.25) is 0 Å². The number of fused-ring (bicyclic) bond motifs is 8. The minimum absolute atomic E-state index is 0.00337. The second kappa shape index (κ2) is 22.6. The molecule has 5 heterocycles. The standard InChI is InChI=1S/C51H80O11/c1-35(2)47-36(3)25-26-38-28-40(57-48(4,5)55-38)30-42-32-44(61-50(8,9)59-42)34-45-33-43(60-51(10,11)62-45)31-41-29-39(56-49(6,7)58-41)27-37(52)23-21-19-17-15-13-12-14-16-18-20-22-24-46(53)54-47/h12-22,24,35-45,47,52H,23,25-34H2,1-11H3/b13-12-,16-14-,17-15-,20-18-,21-19-,24-22-/t36-,37+,38-,39-,40-,41-,42-,43-,44+,45+,47-/m0/s1. The van der Waals surface area contributed by atoms with Crippen molar-refractivity contribution in [3.05, 3.63) is 72.9 Å². The predicted molar refractivity (Wildman–Crippen MR) is 241 cm³/mol. The Morgan fingerprint density at radius 3 is 1.19 bits per heavy atom. The number of carbonyl (C=O) groups is 1. The van der Waals surface area contributed by atoms with Gasteiger partial charge in [-0.1, -0.05) is 87.6 Å². The number of aliphatic hydroxyl groups is 1. The minimum atomic E-state index is -0.781. The number of aliphatic hydroxyl groups excluding tert-OH is 1. The molecule has 0 aliphatic carbocycles. The SMILES string of the molecule is CC(C)[C@@H]1OC(=O)\C=C/C=C\C=C/C=C\C=C/C=C\C[C@@H](O)C[C@H]2C[C@@H](C[C@H]3C[C@H](C[C@H]4C[C@H](C[C@@H]5C[C@H](CC[C@@H]1C)OC(C)(C)O5)OC(C)(C)O4)OC(C)(C)O3)OC(C)(C)O2. The zero-order valence-electron chi connectivity index (χ0n) is 39.7. The van der Waals surface area contributed by atoms with Crippen molar-refractivity contribution in [2.24, 2.45) is 11.8 Å². The highest BCUT2D eigenvalue weighted by Crippen LogP contribution is 2.40. The van der Waals surface area contributed by atoms with Gasteiger partial charge in [-0.3, -0.25) is 0 Å². The fraction of sp³-hybridized carbons (Fsp3) is 0.745. The van der Waals surface area contributed by atoms with E-state index in [1.807, 2.05) is 116 Å². The van der Waals surface area contributed by atoms with Gasteiger partial charge < -0.3 is 47.7 Å². The van der Waals surface area contributed by atoms with Gasteiger partial charge in [0.05, 0.1) is 54.9 Å². The molecule has 0 radical (unpaired) electrons. The van der Waals surface area contributed by atoms with E-state index in [4.69, 9.17) is 42.6 Å². The molecule has 11 atom stereocenters. The van der Waals surface area contributed by atoms with Gasteiger partial charge in [0.1, 0.15) is 6.10 Å². The van der Waals surface area contributed by atoms with Crippen molar-refractivity contribution in [1.82, 2.24) is 0 Å². The number of hydrogen-bond donors (Lipinski definition) is 1. The van der Waals surface area contributed by atoms with Crippen LogP contribution in [-0.4, -0.2) is 95.3 Å². The van der Waals surface area contributed by atoms with Gasteiger partial charge in [0, 0.05) is 57.4 Å². The second-order valence-corrected chi connectivity index (χ2v) is 20.3. The maximum absolute atomic E-state index is 12.9. The molecule has 0 aromatic carbocycles. The van der Waals surface area contributed by atoms with E-state index < -0.39 is 29.3 Å². The molecule has 4 fully saturated rings. The molecular formula is C51H80O11. The summed E-state index contributed by atoms with van der Waals surface area (Å²) in [5.74, 6) is -3.11. The Morgan fingerprint density at radius 2 is 0.806 bits per heavy atom. The number of cyclic esters (lactones) is 1. The Balaban J connectivity index is 1.30. The number of ether oxygens (including phenoxy) is 9. The van der Waals surface area contributed by atoms with Crippen molar-refractivity contribution >= 4 is 5.97 Å². The zero-order chi connectivity index (χ0) is 45.1. The third kappa shape index (κ3) is 17.5. The number of esters is 1. The molecule has 0 aromatic heterocycles. The predicted octanol–water partition coefficient (Wildman–Crippen LogP) is 10.3. The summed E-state index contributed by atoms with van der Waals surface area (Å²) in [6, 6.07) is 0. The van der Waals surface area contributed by atoms with Crippen LogP contribution in [0.5, 0.6) is 0 Å². The number of rotatable bonds is 1. The molecule has 62 heavy (non-hydrogen) atoms. The molecule has 350 valence electrons. The number of carbonyl (C=O) groups excluding carboxylic acids is 1. The molecule has 0 spiro atoms. The molecule has 5 rings (SSSR count). The van der Waals surface area contributed by atoms with Crippen LogP contribution in [0.2, 0.25) is 0 Å². The fourth-order valence-electron chi connectivity index (χ4n) is 10.0. The Hall–Kier alpha value is -2.45. The quantitative estimate of drug-likeness (QED) is 0.254. The van der Waals surface area contributed by atoms with Gasteiger partial charge in [-0.05, 0) is 86.5 Å². The lowest BCUT2D eigenvalue weighted by atomic mass is 9.88. The molecule has 1 N–H and O–H groups in total. The molecule has 0 amide bonds. The van der Waals surface area contributed by atoms with Crippen molar-refractivity contribution in [2.75, 3.05) is 0 Å². The van der Waals surface area contributed by atoms with Gasteiger partial charge in [-0.25, -0.2) is 4.79 Å². The van der Waals surface area contributed by atoms with Gasteiger partial charge in [0.25, 0.3) is 0 Å². The summed E-state index contributed by atoms with van der Waals surface area (Å²) in [7, 11) is 0. The van der Waals surface area contributed by atoms with E-state index in [1.165, 1.54) is 6.08 Å². The molecule has 4 saturated heterocycles. The summed E-state index contributed by atoms with van der Waals surface area (Å²) in [6.07, 6.45) is 28.7. The third-order valence-electron chi connectivity index (χ3n) is 12.0. The van der Waals surface area contributed by atoms with Crippen LogP contribution in [0.1, 0.15) is 147 Å². The monoisotopic (exact) mass is 869 g/mol. The van der Waals surface area contributed by atoms with Crippen LogP contribution in [0.15, 0.2) is 72.9 Å². The zero-order valence-corrected chi connectivity index (χ0v) is 39.7. The fourth-order valence-corrected chi connectivity index (χ4v) is 10.0. The summed E-state index contributed by atoms with van der Waals surface area (Å²) < 4.78 is 58.0. The summed E-state index contributed by atoms with van der Waals surface area (Å²) in [5.41, 5.74) is 0. The van der Waals surface area contributed by atoms with E-state index in [1.54, 1.807) is 6.08 Å². The minimum Gasteiger partial charge on any atom is -0.459 e. The van der Waals surface area contributed by atoms with Crippen LogP contribution in [0.4, 0.5) is 0 Å². The number of hydrogen-bond acceptors (Lipinski definition) is 11. The first kappa shape index (κ1) is 50.5. The first-order valence-electron chi connectivity index (χ1n) is 23.4. The summed E-state index contributed by atoms with van der Waals surface area (Å²) in [5, 5.41) is 11.0. The van der Waals surface area contributed by atoms with E-state index in [0.717, 1.165) is 38.5 Å². The van der Waals surface area contributed by atoms with Gasteiger partial charge in [-0.15, -0.1) is 0 Å². The average molecular weight is 869 g/mol. The van der Waals surface area contributed by atoms with Crippen molar-refractivity contribution in [3.63, 3.8) is 0 Å². The highest BCUT2D eigenvalue weighted by molar-refractivity contribution is 5.82. The molecular weight excluding hydrogens is 789 g/mol. The lowest BCUT2D eigenvalue weighted by molar-refractivity contribution is -0.339. The normalized spacial score (nSPS) is 40.8. The van der Waals surface area contributed by atoms with E-state index in [9.17, 15) is 9.90 Å². The van der Waals surface area contributed by atoms with E-state index in [0.29, 0.717) is 32.1 Å². The molecule has 5 aliphatic rings. The van der Waals surface area contributed by atoms with Crippen molar-refractivity contribution in [1.29, 1.82) is 0 Å². The van der Waals surface area contributed by atoms with Crippen LogP contribution >= 0.6 is 0 Å². The van der Waals surface area contributed by atoms with Gasteiger partial charge >= 0.3 is 5.97 Å². The van der Waals surface area contributed by atoms with Crippen LogP contribution in [0.3, 0.4) is 0 Å². The maximum atomic E-state index is 12.9. The van der Waals surface area contributed by atoms with E-state index >= 15 is 0 Å². The average Bonchev–Trinajstić information content (AvgIpc) is 3.11. The first-order chi connectivity index (χ1) is 29.1. The Labute approximate surface area is 373 Å². The van der Waals surface area contributed by atoms with Crippen LogP contribution in [0.25, 0.3) is 0 Å². The molecule has 0 aromatic rings. The van der Waals surface area contributed by atoms with Crippen molar-refractivity contribution in [3.8, 4) is 0 Å².